The summed E-state index contributed by atoms with van der Waals surface area (Å²) in [7, 11) is 0. The summed E-state index contributed by atoms with van der Waals surface area (Å²) in [6.07, 6.45) is 3.45. The van der Waals surface area contributed by atoms with E-state index in [9.17, 15) is 4.79 Å². The van der Waals surface area contributed by atoms with Gasteiger partial charge in [0.2, 0.25) is 5.95 Å². The molecule has 7 heteroatoms. The van der Waals surface area contributed by atoms with Crippen LogP contribution < -0.4 is 5.32 Å². The standard InChI is InChI=1S/C14H19N5O2/c1-14(2,3)21-13(20)19-5-4-11(9-19)18-12-16-7-10(6-15)8-17-12/h7-8,11H,4-5,9H2,1-3H3,(H,16,17,18)/t11-/m0/s1. The molecule has 1 fully saturated rings. The van der Waals surface area contributed by atoms with Gasteiger partial charge in [-0.2, -0.15) is 5.26 Å². The third kappa shape index (κ3) is 4.31. The van der Waals surface area contributed by atoms with Crippen molar-refractivity contribution in [2.24, 2.45) is 0 Å². The topological polar surface area (TPSA) is 91.1 Å². The van der Waals surface area contributed by atoms with Crippen molar-refractivity contribution in [1.29, 1.82) is 5.26 Å². The lowest BCUT2D eigenvalue weighted by Crippen LogP contribution is -2.36. The van der Waals surface area contributed by atoms with Crippen molar-refractivity contribution in [3.05, 3.63) is 18.0 Å². The Morgan fingerprint density at radius 3 is 2.71 bits per heavy atom. The molecule has 2 rings (SSSR count). The van der Waals surface area contributed by atoms with Gasteiger partial charge in [0.1, 0.15) is 11.7 Å². The number of nitriles is 1. The zero-order valence-corrected chi connectivity index (χ0v) is 12.5. The van der Waals surface area contributed by atoms with E-state index in [0.717, 1.165) is 6.42 Å². The van der Waals surface area contributed by atoms with Gasteiger partial charge < -0.3 is 15.0 Å². The van der Waals surface area contributed by atoms with Crippen LogP contribution in [-0.4, -0.2) is 45.7 Å². The van der Waals surface area contributed by atoms with Gasteiger partial charge in [-0.15, -0.1) is 0 Å². The molecule has 0 aliphatic carbocycles. The predicted octanol–water partition coefficient (Wildman–Crippen LogP) is 1.77. The van der Waals surface area contributed by atoms with Crippen molar-refractivity contribution in [3.63, 3.8) is 0 Å². The summed E-state index contributed by atoms with van der Waals surface area (Å²) in [6.45, 7) is 6.74. The number of amides is 1. The van der Waals surface area contributed by atoms with Crippen molar-refractivity contribution in [1.82, 2.24) is 14.9 Å². The summed E-state index contributed by atoms with van der Waals surface area (Å²) in [4.78, 5) is 21.8. The molecule has 21 heavy (non-hydrogen) atoms. The molecular weight excluding hydrogens is 270 g/mol. The molecular formula is C14H19N5O2. The molecule has 7 nitrogen and oxygen atoms in total. The number of ether oxygens (including phenoxy) is 1. The number of likely N-dealkylation sites (tertiary alicyclic amines) is 1. The van der Waals surface area contributed by atoms with Crippen molar-refractivity contribution in [2.75, 3.05) is 18.4 Å². The summed E-state index contributed by atoms with van der Waals surface area (Å²) in [6, 6.07) is 2.06. The highest BCUT2D eigenvalue weighted by Crippen LogP contribution is 2.17. The fourth-order valence-electron chi connectivity index (χ4n) is 2.01. The van der Waals surface area contributed by atoms with Crippen LogP contribution in [0.2, 0.25) is 0 Å². The van der Waals surface area contributed by atoms with Crippen molar-refractivity contribution in [2.45, 2.75) is 38.8 Å². The van der Waals surface area contributed by atoms with E-state index in [4.69, 9.17) is 10.00 Å². The van der Waals surface area contributed by atoms with Crippen molar-refractivity contribution < 1.29 is 9.53 Å². The Bertz CT molecular complexity index is 544. The minimum absolute atomic E-state index is 0.0884. The number of nitrogens with one attached hydrogen (secondary N) is 1. The largest absolute Gasteiger partial charge is 0.444 e. The average molecular weight is 289 g/mol. The third-order valence-corrected chi connectivity index (χ3v) is 2.95. The monoisotopic (exact) mass is 289 g/mol. The van der Waals surface area contributed by atoms with Crippen molar-refractivity contribution >= 4 is 12.0 Å². The van der Waals surface area contributed by atoms with Crippen LogP contribution in [0, 0.1) is 11.3 Å². The summed E-state index contributed by atoms with van der Waals surface area (Å²) in [5, 5.41) is 11.9. The van der Waals surface area contributed by atoms with Gasteiger partial charge in [0.25, 0.3) is 0 Å². The molecule has 1 aromatic rings. The molecule has 112 valence electrons. The Labute approximate surface area is 123 Å². The van der Waals surface area contributed by atoms with E-state index >= 15 is 0 Å². The minimum Gasteiger partial charge on any atom is -0.444 e. The number of hydrogen-bond acceptors (Lipinski definition) is 6. The van der Waals surface area contributed by atoms with Crippen LogP contribution in [0.4, 0.5) is 10.7 Å². The van der Waals surface area contributed by atoms with Crippen LogP contribution in [-0.2, 0) is 4.74 Å². The molecule has 0 saturated carbocycles. The Hall–Kier alpha value is -2.36. The van der Waals surface area contributed by atoms with Gasteiger partial charge in [0.15, 0.2) is 0 Å². The lowest BCUT2D eigenvalue weighted by molar-refractivity contribution is 0.0293. The number of carbonyl (C=O) groups excluding carboxylic acids is 1. The predicted molar refractivity (Wildman–Crippen MR) is 76.6 cm³/mol. The van der Waals surface area contributed by atoms with E-state index in [1.165, 1.54) is 12.4 Å². The van der Waals surface area contributed by atoms with Crippen LogP contribution in [0.5, 0.6) is 0 Å². The van der Waals surface area contributed by atoms with Gasteiger partial charge in [-0.25, -0.2) is 14.8 Å². The van der Waals surface area contributed by atoms with Gasteiger partial charge in [-0.05, 0) is 27.2 Å². The van der Waals surface area contributed by atoms with Crippen LogP contribution in [0.15, 0.2) is 12.4 Å². The smallest absolute Gasteiger partial charge is 0.410 e. The molecule has 0 spiro atoms. The van der Waals surface area contributed by atoms with E-state index in [-0.39, 0.29) is 12.1 Å². The fourth-order valence-corrected chi connectivity index (χ4v) is 2.01. The number of nitrogens with zero attached hydrogens (tertiary/aromatic N) is 4. The number of anilines is 1. The second-order valence-corrected chi connectivity index (χ2v) is 5.96. The minimum atomic E-state index is -0.487. The lowest BCUT2D eigenvalue weighted by Gasteiger charge is -2.24. The molecule has 1 saturated heterocycles. The number of hydrogen-bond donors (Lipinski definition) is 1. The average Bonchev–Trinajstić information content (AvgIpc) is 2.86. The first kappa shape index (κ1) is 15.0. The highest BCUT2D eigenvalue weighted by molar-refractivity contribution is 5.68. The molecule has 1 aliphatic heterocycles. The molecule has 1 N–H and O–H groups in total. The molecule has 1 amide bonds. The number of rotatable bonds is 2. The van der Waals surface area contributed by atoms with E-state index < -0.39 is 5.60 Å². The molecule has 1 atom stereocenters. The quantitative estimate of drug-likeness (QED) is 0.892. The Morgan fingerprint density at radius 1 is 1.48 bits per heavy atom. The SMILES string of the molecule is CC(C)(C)OC(=O)N1CC[C@H](Nc2ncc(C#N)cn2)C1. The summed E-state index contributed by atoms with van der Waals surface area (Å²) in [5.41, 5.74) is -0.0684. The molecule has 0 unspecified atom stereocenters. The van der Waals surface area contributed by atoms with Gasteiger partial charge >= 0.3 is 6.09 Å². The van der Waals surface area contributed by atoms with Crippen LogP contribution in [0.1, 0.15) is 32.8 Å². The fraction of sp³-hybridized carbons (Fsp3) is 0.571. The zero-order chi connectivity index (χ0) is 15.5. The Balaban J connectivity index is 1.87. The van der Waals surface area contributed by atoms with Gasteiger partial charge in [-0.1, -0.05) is 0 Å². The first-order chi connectivity index (χ1) is 9.87. The summed E-state index contributed by atoms with van der Waals surface area (Å²) >= 11 is 0. The molecule has 1 aliphatic rings. The van der Waals surface area contributed by atoms with Crippen LogP contribution >= 0.6 is 0 Å². The second kappa shape index (κ2) is 5.95. The first-order valence-corrected chi connectivity index (χ1v) is 6.84. The maximum absolute atomic E-state index is 12.0. The highest BCUT2D eigenvalue weighted by atomic mass is 16.6. The Morgan fingerprint density at radius 2 is 2.14 bits per heavy atom. The normalized spacial score (nSPS) is 18.2. The van der Waals surface area contributed by atoms with Gasteiger partial charge in [0, 0.05) is 19.1 Å². The Kier molecular flexibility index (Phi) is 4.26. The molecule has 0 aromatic carbocycles. The maximum atomic E-state index is 12.0. The lowest BCUT2D eigenvalue weighted by atomic mass is 10.2. The van der Waals surface area contributed by atoms with Crippen molar-refractivity contribution in [3.8, 4) is 6.07 Å². The third-order valence-electron chi connectivity index (χ3n) is 2.95. The maximum Gasteiger partial charge on any atom is 0.410 e. The number of carbonyl (C=O) groups is 1. The van der Waals surface area contributed by atoms with E-state index in [1.54, 1.807) is 4.90 Å². The van der Waals surface area contributed by atoms with E-state index in [1.807, 2.05) is 26.8 Å². The molecule has 0 bridgehead atoms. The highest BCUT2D eigenvalue weighted by Gasteiger charge is 2.29. The van der Waals surface area contributed by atoms with Crippen LogP contribution in [0.3, 0.4) is 0 Å². The number of aromatic nitrogens is 2. The molecule has 0 radical (unpaired) electrons. The van der Waals surface area contributed by atoms with Gasteiger partial charge in [-0.3, -0.25) is 0 Å². The zero-order valence-electron chi connectivity index (χ0n) is 12.5. The van der Waals surface area contributed by atoms with E-state index in [2.05, 4.69) is 15.3 Å². The van der Waals surface area contributed by atoms with E-state index in [0.29, 0.717) is 24.6 Å². The summed E-state index contributed by atoms with van der Waals surface area (Å²) < 4.78 is 5.34. The first-order valence-electron chi connectivity index (χ1n) is 6.84. The van der Waals surface area contributed by atoms with Gasteiger partial charge in [0.05, 0.1) is 18.0 Å². The molecule has 1 aromatic heterocycles. The van der Waals surface area contributed by atoms with Crippen LogP contribution in [0.25, 0.3) is 0 Å². The summed E-state index contributed by atoms with van der Waals surface area (Å²) in [5.74, 6) is 0.463. The molecule has 2 heterocycles. The second-order valence-electron chi connectivity index (χ2n) is 5.96.